The molecule has 2 nitrogen and oxygen atoms in total. The Balaban J connectivity index is 6.21. The largest absolute Gasteiger partial charge is 0.460 e. The molecule has 0 spiro atoms. The molecule has 16 heteroatoms. The second-order valence-electron chi connectivity index (χ2n) is 4.64. The molecule has 25 heavy (non-hydrogen) atoms. The third-order valence-electron chi connectivity index (χ3n) is 2.80. The van der Waals surface area contributed by atoms with Gasteiger partial charge in [0.25, 0.3) is 0 Å². The molecule has 150 valence electrons. The maximum atomic E-state index is 13.2. The second-order valence-corrected chi connectivity index (χ2v) is 4.64. The summed E-state index contributed by atoms with van der Waals surface area (Å²) in [5, 5.41) is 8.73. The summed E-state index contributed by atoms with van der Waals surface area (Å²) in [5.74, 6) is -28.8. The molecule has 1 atom stereocenters. The van der Waals surface area contributed by atoms with Gasteiger partial charge in [-0.3, -0.25) is 4.79 Å². The summed E-state index contributed by atoms with van der Waals surface area (Å²) in [6.45, 7) is 0. The maximum Gasteiger partial charge on any atom is 0.460 e. The molecule has 0 radical (unpaired) electrons. The van der Waals surface area contributed by atoms with E-state index >= 15 is 0 Å². The van der Waals surface area contributed by atoms with E-state index in [1.807, 2.05) is 0 Å². The molecule has 0 heterocycles. The molecule has 1 N–H and O–H groups in total. The quantitative estimate of drug-likeness (QED) is 0.532. The first-order chi connectivity index (χ1) is 10.5. The predicted molar refractivity (Wildman–Crippen MR) is 47.5 cm³/mol. The highest BCUT2D eigenvalue weighted by Crippen LogP contribution is 2.56. The zero-order chi connectivity index (χ0) is 20.9. The molecule has 0 rings (SSSR count). The molecule has 0 aliphatic heterocycles. The minimum Gasteiger partial charge on any atom is -0.376 e. The number of aliphatic hydroxyl groups is 1. The number of carbonyl (C=O) groups excluding carboxylic acids is 1. The van der Waals surface area contributed by atoms with Gasteiger partial charge in [-0.15, -0.1) is 0 Å². The van der Waals surface area contributed by atoms with Crippen LogP contribution in [0.2, 0.25) is 0 Å². The summed E-state index contributed by atoms with van der Waals surface area (Å²) in [6, 6.07) is 0. The van der Waals surface area contributed by atoms with Crippen LogP contribution < -0.4 is 0 Å². The van der Waals surface area contributed by atoms with Crippen LogP contribution in [-0.2, 0) is 4.79 Å². The normalized spacial score (nSPS) is 18.0. The van der Waals surface area contributed by atoms with Crippen LogP contribution in [-0.4, -0.2) is 53.0 Å². The molecule has 0 amide bonds. The van der Waals surface area contributed by atoms with Crippen LogP contribution in [0.1, 0.15) is 6.42 Å². The van der Waals surface area contributed by atoms with Crippen LogP contribution in [0.4, 0.5) is 61.5 Å². The third kappa shape index (κ3) is 3.48. The van der Waals surface area contributed by atoms with Gasteiger partial charge in [0.15, 0.2) is 11.9 Å². The summed E-state index contributed by atoms with van der Waals surface area (Å²) >= 11 is 0. The van der Waals surface area contributed by atoms with Crippen molar-refractivity contribution in [2.75, 3.05) is 0 Å². The maximum absolute atomic E-state index is 13.2. The zero-order valence-electron chi connectivity index (χ0n) is 10.9. The molecule has 0 aliphatic rings. The molecule has 0 aromatic carbocycles. The Bertz CT molecular complexity index is 503. The van der Waals surface area contributed by atoms with Crippen LogP contribution in [0.25, 0.3) is 0 Å². The van der Waals surface area contributed by atoms with Crippen molar-refractivity contribution < 1.29 is 71.4 Å². The van der Waals surface area contributed by atoms with Crippen LogP contribution in [0.3, 0.4) is 0 Å². The topological polar surface area (TPSA) is 37.3 Å². The predicted octanol–water partition coefficient (Wildman–Crippen LogP) is 3.97. The average molecular weight is 410 g/mol. The lowest BCUT2D eigenvalue weighted by Gasteiger charge is -2.39. The fraction of sp³-hybridized carbons (Fsp3) is 0.889. The van der Waals surface area contributed by atoms with Gasteiger partial charge in [-0.2, -0.15) is 61.5 Å². The highest BCUT2D eigenvalue weighted by atomic mass is 19.4. The van der Waals surface area contributed by atoms with Gasteiger partial charge in [-0.1, -0.05) is 0 Å². The lowest BCUT2D eigenvalue weighted by Crippen LogP contribution is -2.68. The Morgan fingerprint density at radius 2 is 0.920 bits per heavy atom. The number of aldehydes is 1. The van der Waals surface area contributed by atoms with Crippen LogP contribution in [0.15, 0.2) is 0 Å². The van der Waals surface area contributed by atoms with Crippen molar-refractivity contribution in [3.05, 3.63) is 0 Å². The smallest absolute Gasteiger partial charge is 0.376 e. The molecule has 1 unspecified atom stereocenters. The van der Waals surface area contributed by atoms with Crippen molar-refractivity contribution in [2.24, 2.45) is 0 Å². The third-order valence-corrected chi connectivity index (χ3v) is 2.80. The molecule has 0 aliphatic carbocycles. The number of hydrogen-bond acceptors (Lipinski definition) is 2. The van der Waals surface area contributed by atoms with E-state index in [0.29, 0.717) is 0 Å². The second kappa shape index (κ2) is 5.84. The standard InChI is InChI=1S/C9H4F14O2/c10-4(11,6(14,15)8(18,19)20)1-3(25,2-24)5(12,13)7(16,17)9(21,22)23/h2,25H,1H2. The Labute approximate surface area is 127 Å². The number of halogens is 14. The number of carbonyl (C=O) groups is 1. The first kappa shape index (κ1) is 23.6. The summed E-state index contributed by atoms with van der Waals surface area (Å²) in [7, 11) is 0. The van der Waals surface area contributed by atoms with Gasteiger partial charge in [0.1, 0.15) is 0 Å². The first-order valence-corrected chi connectivity index (χ1v) is 5.35. The summed E-state index contributed by atoms with van der Waals surface area (Å²) in [5.41, 5.74) is -5.93. The van der Waals surface area contributed by atoms with Gasteiger partial charge in [-0.05, 0) is 0 Å². The van der Waals surface area contributed by atoms with Crippen molar-refractivity contribution >= 4 is 6.29 Å². The van der Waals surface area contributed by atoms with E-state index in [1.54, 1.807) is 0 Å². The van der Waals surface area contributed by atoms with Crippen LogP contribution >= 0.6 is 0 Å². The van der Waals surface area contributed by atoms with E-state index in [9.17, 15) is 66.3 Å². The van der Waals surface area contributed by atoms with Gasteiger partial charge in [0, 0.05) is 0 Å². The van der Waals surface area contributed by atoms with Gasteiger partial charge < -0.3 is 5.11 Å². The fourth-order valence-corrected chi connectivity index (χ4v) is 1.33. The molecule has 0 bridgehead atoms. The van der Waals surface area contributed by atoms with Gasteiger partial charge in [-0.25, -0.2) is 0 Å². The molecule has 0 aromatic rings. The zero-order valence-corrected chi connectivity index (χ0v) is 10.9. The lowest BCUT2D eigenvalue weighted by atomic mass is 9.84. The Hall–Kier alpha value is -1.35. The number of hydrogen-bond donors (Lipinski definition) is 1. The highest BCUT2D eigenvalue weighted by Gasteiger charge is 2.83. The monoisotopic (exact) mass is 410 g/mol. The van der Waals surface area contributed by atoms with E-state index in [1.165, 1.54) is 0 Å². The molecule has 0 aromatic heterocycles. The van der Waals surface area contributed by atoms with Gasteiger partial charge >= 0.3 is 36.0 Å². The minimum atomic E-state index is -7.43. The minimum absolute atomic E-state index is 2.10. The Kier molecular flexibility index (Phi) is 5.52. The Morgan fingerprint density at radius 1 is 0.600 bits per heavy atom. The van der Waals surface area contributed by atoms with E-state index in [4.69, 9.17) is 5.11 Å². The van der Waals surface area contributed by atoms with E-state index in [2.05, 4.69) is 0 Å². The van der Waals surface area contributed by atoms with Gasteiger partial charge in [0.2, 0.25) is 0 Å². The van der Waals surface area contributed by atoms with E-state index in [-0.39, 0.29) is 0 Å². The molecule has 0 fully saturated rings. The lowest BCUT2D eigenvalue weighted by molar-refractivity contribution is -0.396. The molecule has 0 saturated heterocycles. The fourth-order valence-electron chi connectivity index (χ4n) is 1.33. The molecular weight excluding hydrogens is 406 g/mol. The highest BCUT2D eigenvalue weighted by molar-refractivity contribution is 5.65. The average Bonchev–Trinajstić information content (AvgIpc) is 2.34. The van der Waals surface area contributed by atoms with Crippen molar-refractivity contribution in [3.8, 4) is 0 Å². The van der Waals surface area contributed by atoms with Gasteiger partial charge in [0.05, 0.1) is 6.42 Å². The first-order valence-electron chi connectivity index (χ1n) is 5.35. The van der Waals surface area contributed by atoms with Crippen molar-refractivity contribution in [1.29, 1.82) is 0 Å². The SMILES string of the molecule is O=CC(O)(CC(F)(F)C(F)(F)C(F)(F)F)C(F)(F)C(F)(F)C(F)(F)F. The van der Waals surface area contributed by atoms with Crippen molar-refractivity contribution in [1.82, 2.24) is 0 Å². The van der Waals surface area contributed by atoms with Crippen molar-refractivity contribution in [2.45, 2.75) is 48.1 Å². The molecular formula is C9H4F14O2. The summed E-state index contributed by atoms with van der Waals surface area (Å²) in [4.78, 5) is 10.2. The number of rotatable bonds is 6. The van der Waals surface area contributed by atoms with Crippen molar-refractivity contribution in [3.63, 3.8) is 0 Å². The summed E-state index contributed by atoms with van der Waals surface area (Å²) in [6.07, 6.45) is -20.7. The van der Waals surface area contributed by atoms with Crippen LogP contribution in [0.5, 0.6) is 0 Å². The number of alkyl halides is 14. The van der Waals surface area contributed by atoms with Crippen LogP contribution in [0, 0.1) is 0 Å². The Morgan fingerprint density at radius 3 is 1.16 bits per heavy atom. The van der Waals surface area contributed by atoms with E-state index < -0.39 is 54.4 Å². The summed E-state index contributed by atoms with van der Waals surface area (Å²) < 4.78 is 174. The molecule has 0 saturated carbocycles. The van der Waals surface area contributed by atoms with E-state index in [0.717, 1.165) is 0 Å².